The minimum atomic E-state index is -4.52. The van der Waals surface area contributed by atoms with Gasteiger partial charge in [-0.1, -0.05) is 55.7 Å². The van der Waals surface area contributed by atoms with Crippen LogP contribution in [0.25, 0.3) is 11.1 Å². The highest BCUT2D eigenvalue weighted by Gasteiger charge is 2.54. The number of benzene rings is 3. The van der Waals surface area contributed by atoms with Gasteiger partial charge in [0.05, 0.1) is 23.2 Å². The minimum Gasteiger partial charge on any atom is -0.480 e. The Bertz CT molecular complexity index is 1680. The number of alkyl halides is 3. The molecule has 3 N–H and O–H groups in total. The van der Waals surface area contributed by atoms with E-state index < -0.39 is 65.8 Å². The number of rotatable bonds is 11. The maximum absolute atomic E-state index is 13.5. The SMILES string of the molecule is CN(C)C(=O)c1cc(CC(=O)OCC(C(=O)O)(C(=O)O)C2CCCCC2)ccc1NC(=O)c1ccccc1-c1ccc(C(F)(F)F)cc1. The Morgan fingerprint density at radius 2 is 1.48 bits per heavy atom. The van der Waals surface area contributed by atoms with Crippen LogP contribution in [0.5, 0.6) is 0 Å². The topological polar surface area (TPSA) is 150 Å². The molecule has 48 heavy (non-hydrogen) atoms. The zero-order chi connectivity index (χ0) is 35.2. The van der Waals surface area contributed by atoms with Gasteiger partial charge < -0.3 is 25.2 Å². The van der Waals surface area contributed by atoms with E-state index >= 15 is 0 Å². The van der Waals surface area contributed by atoms with Crippen molar-refractivity contribution in [3.05, 3.63) is 89.0 Å². The Labute approximate surface area is 274 Å². The average molecular weight is 669 g/mol. The van der Waals surface area contributed by atoms with Crippen LogP contribution < -0.4 is 5.32 Å². The fourth-order valence-corrected chi connectivity index (χ4v) is 5.88. The molecule has 13 heteroatoms. The summed E-state index contributed by atoms with van der Waals surface area (Å²) in [5.74, 6) is -5.92. The number of halogens is 3. The first kappa shape index (κ1) is 35.7. The van der Waals surface area contributed by atoms with E-state index in [4.69, 9.17) is 4.74 Å². The van der Waals surface area contributed by atoms with Crippen molar-refractivity contribution in [2.24, 2.45) is 11.3 Å². The molecule has 0 aliphatic heterocycles. The highest BCUT2D eigenvalue weighted by molar-refractivity contribution is 6.12. The van der Waals surface area contributed by atoms with Gasteiger partial charge in [-0.25, -0.2) is 0 Å². The van der Waals surface area contributed by atoms with Gasteiger partial charge in [0.15, 0.2) is 0 Å². The number of carbonyl (C=O) groups is 5. The number of ether oxygens (including phenoxy) is 1. The summed E-state index contributed by atoms with van der Waals surface area (Å²) in [4.78, 5) is 65.1. The first-order valence-electron chi connectivity index (χ1n) is 15.2. The molecule has 1 aliphatic carbocycles. The fourth-order valence-electron chi connectivity index (χ4n) is 5.88. The molecule has 2 amide bonds. The van der Waals surface area contributed by atoms with Gasteiger partial charge in [0.1, 0.15) is 6.61 Å². The van der Waals surface area contributed by atoms with E-state index in [-0.39, 0.29) is 22.4 Å². The third-order valence-electron chi connectivity index (χ3n) is 8.54. The fraction of sp³-hybridized carbons (Fsp3) is 0.343. The standard InChI is InChI=1S/C35H35F3N2O8/c1-40(2)31(43)27-18-21(19-29(41)48-20-34(32(44)45,33(46)47)23-8-4-3-5-9-23)12-17-28(27)39-30(42)26-11-7-6-10-25(26)22-13-15-24(16-14-22)35(36,37)38/h6-7,10-18,23H,3-5,8-9,19-20H2,1-2H3,(H,39,42)(H,44,45)(H,46,47). The summed E-state index contributed by atoms with van der Waals surface area (Å²) >= 11 is 0. The lowest BCUT2D eigenvalue weighted by molar-refractivity contribution is -0.178. The second-order valence-electron chi connectivity index (χ2n) is 11.9. The third kappa shape index (κ3) is 7.84. The van der Waals surface area contributed by atoms with Gasteiger partial charge in [-0.2, -0.15) is 13.2 Å². The van der Waals surface area contributed by atoms with Crippen molar-refractivity contribution in [3.8, 4) is 11.1 Å². The van der Waals surface area contributed by atoms with Crippen molar-refractivity contribution in [3.63, 3.8) is 0 Å². The van der Waals surface area contributed by atoms with Gasteiger partial charge in [0.25, 0.3) is 11.8 Å². The lowest BCUT2D eigenvalue weighted by atomic mass is 9.69. The van der Waals surface area contributed by atoms with E-state index in [1.165, 1.54) is 55.4 Å². The molecular formula is C35H35F3N2O8. The molecule has 0 aromatic heterocycles. The van der Waals surface area contributed by atoms with Crippen LogP contribution in [0.3, 0.4) is 0 Å². The molecule has 0 atom stereocenters. The molecule has 0 bridgehead atoms. The van der Waals surface area contributed by atoms with Crippen LogP contribution in [0.15, 0.2) is 66.7 Å². The van der Waals surface area contributed by atoms with E-state index in [1.54, 1.807) is 18.2 Å². The van der Waals surface area contributed by atoms with E-state index in [9.17, 15) is 47.4 Å². The lowest BCUT2D eigenvalue weighted by Gasteiger charge is -2.35. The Kier molecular flexibility index (Phi) is 10.9. The summed E-state index contributed by atoms with van der Waals surface area (Å²) in [6.07, 6.45) is -1.97. The zero-order valence-electron chi connectivity index (χ0n) is 26.3. The highest BCUT2D eigenvalue weighted by Crippen LogP contribution is 2.40. The summed E-state index contributed by atoms with van der Waals surface area (Å²) in [7, 11) is 2.97. The monoisotopic (exact) mass is 668 g/mol. The van der Waals surface area contributed by atoms with Crippen LogP contribution in [0.4, 0.5) is 18.9 Å². The van der Waals surface area contributed by atoms with E-state index in [0.29, 0.717) is 36.8 Å². The van der Waals surface area contributed by atoms with Crippen molar-refractivity contribution >= 4 is 35.4 Å². The summed E-state index contributed by atoms with van der Waals surface area (Å²) in [6.45, 7) is -0.850. The Balaban J connectivity index is 1.55. The largest absolute Gasteiger partial charge is 0.480 e. The summed E-state index contributed by atoms with van der Waals surface area (Å²) in [5, 5.41) is 22.5. The first-order chi connectivity index (χ1) is 22.6. The second kappa shape index (κ2) is 14.7. The van der Waals surface area contributed by atoms with Crippen LogP contribution in [0.2, 0.25) is 0 Å². The number of nitrogens with one attached hydrogen (secondary N) is 1. The number of aliphatic carboxylic acids is 2. The molecule has 1 aliphatic rings. The van der Waals surface area contributed by atoms with Gasteiger partial charge in [0.2, 0.25) is 5.41 Å². The van der Waals surface area contributed by atoms with Crippen LogP contribution in [0.1, 0.15) is 63.9 Å². The van der Waals surface area contributed by atoms with Crippen LogP contribution >= 0.6 is 0 Å². The van der Waals surface area contributed by atoms with Crippen molar-refractivity contribution in [1.29, 1.82) is 0 Å². The number of amides is 2. The number of nitrogens with zero attached hydrogens (tertiary/aromatic N) is 1. The van der Waals surface area contributed by atoms with Gasteiger partial charge in [-0.3, -0.25) is 24.0 Å². The Morgan fingerprint density at radius 1 is 0.854 bits per heavy atom. The van der Waals surface area contributed by atoms with Crippen molar-refractivity contribution < 1.29 is 52.1 Å². The quantitative estimate of drug-likeness (QED) is 0.163. The van der Waals surface area contributed by atoms with Gasteiger partial charge in [-0.05, 0) is 65.8 Å². The maximum atomic E-state index is 13.5. The highest BCUT2D eigenvalue weighted by atomic mass is 19.4. The predicted molar refractivity (Wildman–Crippen MR) is 168 cm³/mol. The number of hydrogen-bond acceptors (Lipinski definition) is 6. The van der Waals surface area contributed by atoms with Crippen molar-refractivity contribution in [2.75, 3.05) is 26.0 Å². The molecule has 4 rings (SSSR count). The molecule has 254 valence electrons. The lowest BCUT2D eigenvalue weighted by Crippen LogP contribution is -2.50. The number of anilines is 1. The van der Waals surface area contributed by atoms with E-state index in [2.05, 4.69) is 5.32 Å². The first-order valence-corrected chi connectivity index (χ1v) is 15.2. The van der Waals surface area contributed by atoms with Gasteiger partial charge >= 0.3 is 24.1 Å². The average Bonchev–Trinajstić information content (AvgIpc) is 3.05. The minimum absolute atomic E-state index is 0.0123. The zero-order valence-corrected chi connectivity index (χ0v) is 26.3. The molecule has 0 heterocycles. The van der Waals surface area contributed by atoms with Gasteiger partial charge in [0, 0.05) is 19.7 Å². The van der Waals surface area contributed by atoms with E-state index in [1.807, 2.05) is 0 Å². The molecule has 0 spiro atoms. The van der Waals surface area contributed by atoms with Gasteiger partial charge in [-0.15, -0.1) is 0 Å². The van der Waals surface area contributed by atoms with Crippen molar-refractivity contribution in [2.45, 2.75) is 44.7 Å². The Morgan fingerprint density at radius 3 is 2.06 bits per heavy atom. The summed E-state index contributed by atoms with van der Waals surface area (Å²) < 4.78 is 44.5. The molecule has 1 saturated carbocycles. The summed E-state index contributed by atoms with van der Waals surface area (Å²) in [6, 6.07) is 14.9. The number of hydrogen-bond donors (Lipinski definition) is 3. The number of carbonyl (C=O) groups excluding carboxylic acids is 3. The molecule has 0 saturated heterocycles. The molecule has 10 nitrogen and oxygen atoms in total. The van der Waals surface area contributed by atoms with Crippen molar-refractivity contribution in [1.82, 2.24) is 4.90 Å². The molecule has 0 radical (unpaired) electrons. The smallest absolute Gasteiger partial charge is 0.416 e. The maximum Gasteiger partial charge on any atom is 0.416 e. The third-order valence-corrected chi connectivity index (χ3v) is 8.54. The summed E-state index contributed by atoms with van der Waals surface area (Å²) in [5.41, 5.74) is -1.89. The number of carboxylic acid groups (broad SMARTS) is 2. The molecule has 3 aromatic carbocycles. The van der Waals surface area contributed by atoms with E-state index in [0.717, 1.165) is 18.6 Å². The normalized spacial score (nSPS) is 13.8. The Hall–Kier alpha value is -5.20. The van der Waals surface area contributed by atoms with Crippen LogP contribution in [-0.2, 0) is 31.7 Å². The number of carboxylic acids is 2. The van der Waals surface area contributed by atoms with Crippen LogP contribution in [-0.4, -0.2) is 65.5 Å². The molecule has 0 unspecified atom stereocenters. The molecule has 1 fully saturated rings. The predicted octanol–water partition coefficient (Wildman–Crippen LogP) is 6.15. The second-order valence-corrected chi connectivity index (χ2v) is 11.9. The number of esters is 1. The van der Waals surface area contributed by atoms with Crippen LogP contribution in [0, 0.1) is 11.3 Å². The molecule has 3 aromatic rings. The molecular weight excluding hydrogens is 633 g/mol.